The Labute approximate surface area is 175 Å². The van der Waals surface area contributed by atoms with Crippen molar-refractivity contribution in [3.63, 3.8) is 0 Å². The standard InChI is InChI=1S/C23H26N2O5/c1-16-8-9-18(30-16)20-19(21(26)17-6-3-2-4-7-17)22(27)23(28)25(20)11-5-10-24-12-14-29-15-13-24/h2-4,6-9,20,26H,5,10-15H2,1H3/b21-19+/t20-/m0/s1. The van der Waals surface area contributed by atoms with Crippen LogP contribution < -0.4 is 0 Å². The van der Waals surface area contributed by atoms with Crippen molar-refractivity contribution in [3.8, 4) is 0 Å². The van der Waals surface area contributed by atoms with Crippen LogP contribution in [0.4, 0.5) is 0 Å². The summed E-state index contributed by atoms with van der Waals surface area (Å²) in [5.74, 6) is -0.293. The Morgan fingerprint density at radius 1 is 1.07 bits per heavy atom. The van der Waals surface area contributed by atoms with E-state index in [0.29, 0.717) is 43.3 Å². The fraction of sp³-hybridized carbons (Fsp3) is 0.391. The van der Waals surface area contributed by atoms with Gasteiger partial charge in [-0.1, -0.05) is 30.3 Å². The first-order valence-electron chi connectivity index (χ1n) is 10.3. The normalized spacial score (nSPS) is 22.0. The van der Waals surface area contributed by atoms with Crippen LogP contribution in [-0.4, -0.2) is 66.0 Å². The third kappa shape index (κ3) is 4.04. The monoisotopic (exact) mass is 410 g/mol. The molecule has 2 aliphatic heterocycles. The molecule has 1 amide bonds. The summed E-state index contributed by atoms with van der Waals surface area (Å²) in [6.07, 6.45) is 0.717. The molecule has 7 heteroatoms. The molecule has 1 aromatic carbocycles. The predicted molar refractivity (Wildman–Crippen MR) is 111 cm³/mol. The first kappa shape index (κ1) is 20.4. The summed E-state index contributed by atoms with van der Waals surface area (Å²) in [4.78, 5) is 29.6. The van der Waals surface area contributed by atoms with Gasteiger partial charge in [-0.3, -0.25) is 14.5 Å². The molecule has 2 aliphatic rings. The van der Waals surface area contributed by atoms with E-state index in [0.717, 1.165) is 19.6 Å². The molecular weight excluding hydrogens is 384 g/mol. The van der Waals surface area contributed by atoms with Gasteiger partial charge in [0.25, 0.3) is 11.7 Å². The molecular formula is C23H26N2O5. The molecule has 0 spiro atoms. The number of aliphatic hydroxyl groups excluding tert-OH is 1. The van der Waals surface area contributed by atoms with Gasteiger partial charge in [0.1, 0.15) is 23.3 Å². The van der Waals surface area contributed by atoms with Crippen molar-refractivity contribution in [1.82, 2.24) is 9.80 Å². The van der Waals surface area contributed by atoms with Gasteiger partial charge < -0.3 is 19.2 Å². The van der Waals surface area contributed by atoms with E-state index < -0.39 is 17.7 Å². The SMILES string of the molecule is Cc1ccc([C@H]2/C(=C(\O)c3ccccc3)C(=O)C(=O)N2CCCN2CCOCC2)o1. The van der Waals surface area contributed by atoms with Gasteiger partial charge in [0.15, 0.2) is 0 Å². The summed E-state index contributed by atoms with van der Waals surface area (Å²) in [6, 6.07) is 11.6. The van der Waals surface area contributed by atoms with E-state index in [1.54, 1.807) is 36.4 Å². The number of rotatable bonds is 6. The Morgan fingerprint density at radius 2 is 1.80 bits per heavy atom. The van der Waals surface area contributed by atoms with Crippen LogP contribution in [0.15, 0.2) is 52.5 Å². The lowest BCUT2D eigenvalue weighted by atomic mass is 9.99. The van der Waals surface area contributed by atoms with Crippen LogP contribution in [0, 0.1) is 6.92 Å². The molecule has 158 valence electrons. The van der Waals surface area contributed by atoms with Crippen molar-refractivity contribution in [2.24, 2.45) is 0 Å². The molecule has 0 bridgehead atoms. The Balaban J connectivity index is 1.63. The second kappa shape index (κ2) is 8.85. The van der Waals surface area contributed by atoms with E-state index in [1.165, 1.54) is 4.90 Å². The molecule has 3 heterocycles. The minimum Gasteiger partial charge on any atom is -0.507 e. The lowest BCUT2D eigenvalue weighted by molar-refractivity contribution is -0.140. The number of hydrogen-bond acceptors (Lipinski definition) is 6. The predicted octanol–water partition coefficient (Wildman–Crippen LogP) is 2.73. The highest BCUT2D eigenvalue weighted by atomic mass is 16.5. The number of Topliss-reactive ketones (excluding diaryl/α,β-unsaturated/α-hetero) is 1. The molecule has 1 N–H and O–H groups in total. The minimum absolute atomic E-state index is 0.0759. The zero-order chi connectivity index (χ0) is 21.1. The smallest absolute Gasteiger partial charge is 0.295 e. The maximum atomic E-state index is 12.9. The van der Waals surface area contributed by atoms with E-state index in [1.807, 2.05) is 13.0 Å². The van der Waals surface area contributed by atoms with E-state index in [9.17, 15) is 14.7 Å². The second-order valence-electron chi connectivity index (χ2n) is 7.61. The molecule has 4 rings (SSSR count). The van der Waals surface area contributed by atoms with E-state index in [2.05, 4.69) is 4.90 Å². The van der Waals surface area contributed by atoms with Crippen LogP contribution in [0.5, 0.6) is 0 Å². The molecule has 1 aromatic heterocycles. The first-order valence-corrected chi connectivity index (χ1v) is 10.3. The number of aliphatic hydroxyl groups is 1. The van der Waals surface area contributed by atoms with Gasteiger partial charge in [-0.15, -0.1) is 0 Å². The maximum Gasteiger partial charge on any atom is 0.295 e. The van der Waals surface area contributed by atoms with Crippen LogP contribution in [0.25, 0.3) is 5.76 Å². The van der Waals surface area contributed by atoms with Gasteiger partial charge in [-0.25, -0.2) is 0 Å². The number of hydrogen-bond donors (Lipinski definition) is 1. The van der Waals surface area contributed by atoms with Crippen LogP contribution in [0.2, 0.25) is 0 Å². The number of amides is 1. The van der Waals surface area contributed by atoms with Gasteiger partial charge in [0, 0.05) is 31.7 Å². The van der Waals surface area contributed by atoms with Crippen molar-refractivity contribution < 1.29 is 23.8 Å². The minimum atomic E-state index is -0.733. The first-order chi connectivity index (χ1) is 14.6. The van der Waals surface area contributed by atoms with Crippen LogP contribution >= 0.6 is 0 Å². The number of ether oxygens (including phenoxy) is 1. The van der Waals surface area contributed by atoms with Crippen molar-refractivity contribution in [3.05, 3.63) is 65.1 Å². The lowest BCUT2D eigenvalue weighted by Gasteiger charge is -2.28. The molecule has 1 atom stereocenters. The average molecular weight is 410 g/mol. The number of nitrogens with zero attached hydrogens (tertiary/aromatic N) is 2. The summed E-state index contributed by atoms with van der Waals surface area (Å²) < 4.78 is 11.2. The third-order valence-corrected chi connectivity index (χ3v) is 5.59. The molecule has 0 saturated carbocycles. The zero-order valence-electron chi connectivity index (χ0n) is 17.0. The van der Waals surface area contributed by atoms with Crippen molar-refractivity contribution in [2.75, 3.05) is 39.4 Å². The number of morpholine rings is 1. The Kier molecular flexibility index (Phi) is 6.01. The van der Waals surface area contributed by atoms with Crippen LogP contribution in [-0.2, 0) is 14.3 Å². The van der Waals surface area contributed by atoms with Crippen molar-refractivity contribution in [1.29, 1.82) is 0 Å². The van der Waals surface area contributed by atoms with Gasteiger partial charge in [0.05, 0.1) is 18.8 Å². The molecule has 2 aromatic rings. The number of carbonyl (C=O) groups is 2. The van der Waals surface area contributed by atoms with Gasteiger partial charge in [-0.2, -0.15) is 0 Å². The summed E-state index contributed by atoms with van der Waals surface area (Å²) in [6.45, 7) is 6.19. The summed E-state index contributed by atoms with van der Waals surface area (Å²) >= 11 is 0. The van der Waals surface area contributed by atoms with Gasteiger partial charge in [-0.05, 0) is 25.5 Å². The molecule has 2 fully saturated rings. The van der Waals surface area contributed by atoms with E-state index in [-0.39, 0.29) is 11.3 Å². The molecule has 7 nitrogen and oxygen atoms in total. The fourth-order valence-corrected chi connectivity index (χ4v) is 4.05. The fourth-order valence-electron chi connectivity index (χ4n) is 4.05. The maximum absolute atomic E-state index is 12.9. The number of likely N-dealkylation sites (tertiary alicyclic amines) is 1. The molecule has 0 aliphatic carbocycles. The van der Waals surface area contributed by atoms with Crippen LogP contribution in [0.1, 0.15) is 29.5 Å². The number of benzene rings is 1. The number of aryl methyl sites for hydroxylation is 1. The summed E-state index contributed by atoms with van der Waals surface area (Å²) in [7, 11) is 0. The third-order valence-electron chi connectivity index (χ3n) is 5.59. The average Bonchev–Trinajstić information content (AvgIpc) is 3.31. The van der Waals surface area contributed by atoms with Crippen molar-refractivity contribution >= 4 is 17.4 Å². The highest BCUT2D eigenvalue weighted by molar-refractivity contribution is 6.46. The van der Waals surface area contributed by atoms with E-state index >= 15 is 0 Å². The van der Waals surface area contributed by atoms with E-state index in [4.69, 9.17) is 9.15 Å². The number of furan rings is 1. The van der Waals surface area contributed by atoms with Crippen molar-refractivity contribution in [2.45, 2.75) is 19.4 Å². The summed E-state index contributed by atoms with van der Waals surface area (Å²) in [5.41, 5.74) is 0.573. The lowest BCUT2D eigenvalue weighted by Crippen LogP contribution is -2.38. The van der Waals surface area contributed by atoms with Gasteiger partial charge >= 0.3 is 0 Å². The largest absolute Gasteiger partial charge is 0.507 e. The molecule has 30 heavy (non-hydrogen) atoms. The molecule has 0 radical (unpaired) electrons. The molecule has 2 saturated heterocycles. The summed E-state index contributed by atoms with van der Waals surface area (Å²) in [5, 5.41) is 10.9. The number of carbonyl (C=O) groups excluding carboxylic acids is 2. The zero-order valence-corrected chi connectivity index (χ0v) is 17.0. The van der Waals surface area contributed by atoms with Crippen LogP contribution in [0.3, 0.4) is 0 Å². The quantitative estimate of drug-likeness (QED) is 0.448. The second-order valence-corrected chi connectivity index (χ2v) is 7.61. The Hall–Kier alpha value is -2.90. The number of ketones is 1. The highest BCUT2D eigenvalue weighted by Gasteiger charge is 2.47. The Bertz CT molecular complexity index is 944. The van der Waals surface area contributed by atoms with Gasteiger partial charge in [0.2, 0.25) is 0 Å². The molecule has 0 unspecified atom stereocenters. The Morgan fingerprint density at radius 3 is 2.47 bits per heavy atom. The topological polar surface area (TPSA) is 83.2 Å². The highest BCUT2D eigenvalue weighted by Crippen LogP contribution is 2.40.